The lowest BCUT2D eigenvalue weighted by atomic mass is 10.0. The zero-order valence-electron chi connectivity index (χ0n) is 16.9. The van der Waals surface area contributed by atoms with E-state index in [9.17, 15) is 4.79 Å². The fourth-order valence-electron chi connectivity index (χ4n) is 4.31. The lowest BCUT2D eigenvalue weighted by Crippen LogP contribution is -2.53. The van der Waals surface area contributed by atoms with Crippen molar-refractivity contribution in [3.63, 3.8) is 0 Å². The molecule has 2 aliphatic heterocycles. The van der Waals surface area contributed by atoms with Crippen LogP contribution in [-0.2, 0) is 7.05 Å². The van der Waals surface area contributed by atoms with Crippen molar-refractivity contribution in [2.75, 3.05) is 57.3 Å². The molecule has 0 spiro atoms. The Kier molecular flexibility index (Phi) is 6.17. The highest BCUT2D eigenvalue weighted by atomic mass is 16.3. The first-order valence-electron chi connectivity index (χ1n) is 10.3. The van der Waals surface area contributed by atoms with Crippen LogP contribution in [0.4, 0.5) is 5.95 Å². The molecular weight excluding hydrogens is 370 g/mol. The molecule has 0 radical (unpaired) electrons. The fourth-order valence-corrected chi connectivity index (χ4v) is 4.31. The van der Waals surface area contributed by atoms with Crippen molar-refractivity contribution in [1.29, 1.82) is 0 Å². The number of piperidine rings is 1. The van der Waals surface area contributed by atoms with Gasteiger partial charge in [-0.05, 0) is 18.9 Å². The maximum atomic E-state index is 12.5. The molecule has 2 aliphatic rings. The van der Waals surface area contributed by atoms with Gasteiger partial charge in [0.15, 0.2) is 0 Å². The number of hydrogen-bond donors (Lipinski definition) is 1. The summed E-state index contributed by atoms with van der Waals surface area (Å²) in [6.07, 6.45) is 5.26. The normalized spacial score (nSPS) is 19.6. The van der Waals surface area contributed by atoms with Gasteiger partial charge >= 0.3 is 0 Å². The largest absolute Gasteiger partial charge is 0.395 e. The maximum Gasteiger partial charge on any atom is 0.255 e. The summed E-state index contributed by atoms with van der Waals surface area (Å²) in [5.74, 6) is 0.706. The van der Waals surface area contributed by atoms with Crippen molar-refractivity contribution in [3.05, 3.63) is 35.0 Å². The smallest absolute Gasteiger partial charge is 0.255 e. The van der Waals surface area contributed by atoms with Gasteiger partial charge in [-0.3, -0.25) is 19.2 Å². The predicted molar refractivity (Wildman–Crippen MR) is 111 cm³/mol. The number of aromatic nitrogens is 4. The van der Waals surface area contributed by atoms with E-state index in [1.165, 1.54) is 12.4 Å². The van der Waals surface area contributed by atoms with Crippen molar-refractivity contribution < 1.29 is 5.11 Å². The Morgan fingerprint density at radius 1 is 1.10 bits per heavy atom. The summed E-state index contributed by atoms with van der Waals surface area (Å²) in [6, 6.07) is 3.88. The molecule has 156 valence electrons. The van der Waals surface area contributed by atoms with E-state index in [0.29, 0.717) is 23.4 Å². The van der Waals surface area contributed by atoms with Crippen LogP contribution < -0.4 is 10.5 Å². The standard InChI is InChI=1S/C20H29N7O2/c1-24-19(29)14-18(17-2-5-21-15-22-17)23-20(24)27-6-3-16(4-7-27)26-10-8-25(9-11-26)12-13-28/h2,5,14-16,28H,3-4,6-13H2,1H3. The zero-order chi connectivity index (χ0) is 20.2. The van der Waals surface area contributed by atoms with Gasteiger partial charge in [-0.25, -0.2) is 15.0 Å². The first-order chi connectivity index (χ1) is 14.2. The Morgan fingerprint density at radius 2 is 1.86 bits per heavy atom. The number of hydrogen-bond acceptors (Lipinski definition) is 8. The zero-order valence-corrected chi connectivity index (χ0v) is 16.9. The molecular formula is C20H29N7O2. The summed E-state index contributed by atoms with van der Waals surface area (Å²) in [6.45, 7) is 6.95. The molecule has 0 atom stereocenters. The van der Waals surface area contributed by atoms with Crippen LogP contribution >= 0.6 is 0 Å². The molecule has 2 fully saturated rings. The lowest BCUT2D eigenvalue weighted by molar-refractivity contribution is 0.0745. The van der Waals surface area contributed by atoms with Gasteiger partial charge < -0.3 is 10.0 Å². The van der Waals surface area contributed by atoms with Gasteiger partial charge in [-0.2, -0.15) is 0 Å². The molecule has 0 amide bonds. The SMILES string of the molecule is Cn1c(N2CCC(N3CCN(CCO)CC3)CC2)nc(-c2ccncn2)cc1=O. The van der Waals surface area contributed by atoms with Crippen molar-refractivity contribution >= 4 is 5.95 Å². The van der Waals surface area contributed by atoms with Crippen LogP contribution in [0.2, 0.25) is 0 Å². The topological polar surface area (TPSA) is 90.6 Å². The maximum absolute atomic E-state index is 12.5. The first kappa shape index (κ1) is 19.9. The number of rotatable bonds is 5. The summed E-state index contributed by atoms with van der Waals surface area (Å²) < 4.78 is 1.62. The molecule has 29 heavy (non-hydrogen) atoms. The summed E-state index contributed by atoms with van der Waals surface area (Å²) in [5, 5.41) is 9.11. The summed E-state index contributed by atoms with van der Waals surface area (Å²) in [5.41, 5.74) is 1.17. The van der Waals surface area contributed by atoms with E-state index < -0.39 is 0 Å². The van der Waals surface area contributed by atoms with Crippen molar-refractivity contribution in [2.45, 2.75) is 18.9 Å². The number of nitrogens with zero attached hydrogens (tertiary/aromatic N) is 7. The van der Waals surface area contributed by atoms with E-state index in [2.05, 4.69) is 24.7 Å². The molecule has 9 nitrogen and oxygen atoms in total. The Balaban J connectivity index is 1.42. The number of aliphatic hydroxyl groups is 1. The van der Waals surface area contributed by atoms with Gasteiger partial charge in [0, 0.05) is 71.2 Å². The van der Waals surface area contributed by atoms with Crippen molar-refractivity contribution in [3.8, 4) is 11.4 Å². The Labute approximate surface area is 170 Å². The van der Waals surface area contributed by atoms with Gasteiger partial charge in [0.05, 0.1) is 18.0 Å². The van der Waals surface area contributed by atoms with Crippen molar-refractivity contribution in [2.24, 2.45) is 7.05 Å². The average molecular weight is 399 g/mol. The molecule has 2 aromatic heterocycles. The van der Waals surface area contributed by atoms with Crippen LogP contribution in [0.25, 0.3) is 11.4 Å². The van der Waals surface area contributed by atoms with Gasteiger partial charge in [0.2, 0.25) is 5.95 Å². The number of anilines is 1. The minimum Gasteiger partial charge on any atom is -0.395 e. The van der Waals surface area contributed by atoms with Crippen molar-refractivity contribution in [1.82, 2.24) is 29.3 Å². The average Bonchev–Trinajstić information content (AvgIpc) is 2.77. The third kappa shape index (κ3) is 4.47. The highest BCUT2D eigenvalue weighted by Gasteiger charge is 2.28. The fraction of sp³-hybridized carbons (Fsp3) is 0.600. The molecule has 4 rings (SSSR count). The summed E-state index contributed by atoms with van der Waals surface area (Å²) in [7, 11) is 1.78. The molecule has 0 saturated carbocycles. The van der Waals surface area contributed by atoms with Gasteiger partial charge in [-0.1, -0.05) is 0 Å². The van der Waals surface area contributed by atoms with E-state index in [1.54, 1.807) is 23.9 Å². The van der Waals surface area contributed by atoms with E-state index in [-0.39, 0.29) is 12.2 Å². The summed E-state index contributed by atoms with van der Waals surface area (Å²) >= 11 is 0. The van der Waals surface area contributed by atoms with Crippen LogP contribution in [0.3, 0.4) is 0 Å². The molecule has 1 N–H and O–H groups in total. The minimum absolute atomic E-state index is 0.0780. The second-order valence-electron chi connectivity index (χ2n) is 7.75. The van der Waals surface area contributed by atoms with Gasteiger partial charge in [-0.15, -0.1) is 0 Å². The molecule has 2 aromatic rings. The Bertz CT molecular complexity index is 857. The second-order valence-corrected chi connectivity index (χ2v) is 7.75. The highest BCUT2D eigenvalue weighted by molar-refractivity contribution is 5.55. The third-order valence-electron chi connectivity index (χ3n) is 6.04. The summed E-state index contributed by atoms with van der Waals surface area (Å²) in [4.78, 5) is 32.5. The Morgan fingerprint density at radius 3 is 2.52 bits per heavy atom. The molecule has 0 unspecified atom stereocenters. The highest BCUT2D eigenvalue weighted by Crippen LogP contribution is 2.23. The first-order valence-corrected chi connectivity index (χ1v) is 10.3. The predicted octanol–water partition coefficient (Wildman–Crippen LogP) is -0.184. The molecule has 0 bridgehead atoms. The molecule has 9 heteroatoms. The minimum atomic E-state index is -0.0780. The van der Waals surface area contributed by atoms with Crippen LogP contribution in [0, 0.1) is 0 Å². The van der Waals surface area contributed by atoms with Crippen LogP contribution in [-0.4, -0.2) is 92.9 Å². The third-order valence-corrected chi connectivity index (χ3v) is 6.04. The molecule has 0 aromatic carbocycles. The lowest BCUT2D eigenvalue weighted by Gasteiger charge is -2.43. The Hall–Kier alpha value is -2.36. The van der Waals surface area contributed by atoms with E-state index >= 15 is 0 Å². The van der Waals surface area contributed by atoms with E-state index in [4.69, 9.17) is 10.1 Å². The molecule has 0 aliphatic carbocycles. The van der Waals surface area contributed by atoms with Gasteiger partial charge in [0.25, 0.3) is 5.56 Å². The van der Waals surface area contributed by atoms with Crippen LogP contribution in [0.1, 0.15) is 12.8 Å². The quantitative estimate of drug-likeness (QED) is 0.740. The van der Waals surface area contributed by atoms with Crippen LogP contribution in [0.15, 0.2) is 29.5 Å². The van der Waals surface area contributed by atoms with E-state index in [0.717, 1.165) is 58.7 Å². The van der Waals surface area contributed by atoms with Crippen LogP contribution in [0.5, 0.6) is 0 Å². The monoisotopic (exact) mass is 399 g/mol. The van der Waals surface area contributed by atoms with E-state index in [1.807, 2.05) is 0 Å². The second kappa shape index (κ2) is 8.98. The number of β-amino-alcohol motifs (C(OH)–C–C–N with tert-alkyl or cyclic N) is 1. The molecule has 2 saturated heterocycles. The van der Waals surface area contributed by atoms with Gasteiger partial charge in [0.1, 0.15) is 6.33 Å². The number of piperazine rings is 1. The number of aliphatic hydroxyl groups excluding tert-OH is 1. The molecule has 4 heterocycles.